The highest BCUT2D eigenvalue weighted by atomic mass is 32.2. The van der Waals surface area contributed by atoms with Crippen molar-refractivity contribution in [1.29, 1.82) is 0 Å². The van der Waals surface area contributed by atoms with Gasteiger partial charge >= 0.3 is 6.18 Å². The third kappa shape index (κ3) is 3.90. The van der Waals surface area contributed by atoms with Gasteiger partial charge in [-0.1, -0.05) is 24.3 Å². The molecule has 0 bridgehead atoms. The third-order valence-corrected chi connectivity index (χ3v) is 6.21. The van der Waals surface area contributed by atoms with Crippen LogP contribution in [0.15, 0.2) is 58.8 Å². The number of aliphatic hydroxyl groups is 1. The van der Waals surface area contributed by atoms with Gasteiger partial charge in [0.1, 0.15) is 0 Å². The molecule has 138 valence electrons. The number of alkyl halides is 3. The summed E-state index contributed by atoms with van der Waals surface area (Å²) in [5.41, 5.74) is -0.484. The quantitative estimate of drug-likeness (QED) is 0.681. The first-order valence-corrected chi connectivity index (χ1v) is 9.86. The zero-order chi connectivity index (χ0) is 18.9. The number of hydrogen-bond donors (Lipinski definition) is 2. The lowest BCUT2D eigenvalue weighted by molar-refractivity contribution is -0.137. The molecule has 3 aromatic rings. The van der Waals surface area contributed by atoms with E-state index in [0.717, 1.165) is 28.3 Å². The number of sulfonamides is 1. The monoisotopic (exact) mass is 401 g/mol. The number of benzene rings is 2. The van der Waals surface area contributed by atoms with Crippen LogP contribution in [0.5, 0.6) is 0 Å². The minimum atomic E-state index is -4.64. The standard InChI is InChI=1S/C17H14F3NO3S2/c18-17(19,20)11-4-3-5-12(8-11)26(23,24)21-9-15(22)14-10-25-16-7-2-1-6-13(14)16/h1-8,10,15,21-22H,9H2. The molecule has 0 aliphatic carbocycles. The lowest BCUT2D eigenvalue weighted by Gasteiger charge is -2.13. The van der Waals surface area contributed by atoms with E-state index in [1.54, 1.807) is 11.4 Å². The number of rotatable bonds is 5. The second kappa shape index (κ2) is 6.99. The zero-order valence-corrected chi connectivity index (χ0v) is 14.8. The molecular weight excluding hydrogens is 387 g/mol. The van der Waals surface area contributed by atoms with Gasteiger partial charge in [-0.3, -0.25) is 0 Å². The lowest BCUT2D eigenvalue weighted by atomic mass is 10.1. The molecule has 0 saturated heterocycles. The molecule has 0 saturated carbocycles. The van der Waals surface area contributed by atoms with E-state index in [4.69, 9.17) is 0 Å². The van der Waals surface area contributed by atoms with E-state index in [1.165, 1.54) is 11.3 Å². The molecule has 0 fully saturated rings. The molecule has 2 N–H and O–H groups in total. The van der Waals surface area contributed by atoms with E-state index in [0.29, 0.717) is 11.6 Å². The average Bonchev–Trinajstić information content (AvgIpc) is 3.03. The summed E-state index contributed by atoms with van der Waals surface area (Å²) in [6, 6.07) is 10.8. The first-order valence-electron chi connectivity index (χ1n) is 7.49. The molecule has 0 aliphatic heterocycles. The number of thiophene rings is 1. The van der Waals surface area contributed by atoms with E-state index >= 15 is 0 Å². The molecule has 3 rings (SSSR count). The predicted octanol–water partition coefficient (Wildman–Crippen LogP) is 3.93. The molecular formula is C17H14F3NO3S2. The SMILES string of the molecule is O=S(=O)(NCC(O)c1csc2ccccc12)c1cccc(C(F)(F)F)c1. The van der Waals surface area contributed by atoms with Crippen molar-refractivity contribution in [3.63, 3.8) is 0 Å². The number of nitrogens with one attached hydrogen (secondary N) is 1. The molecule has 4 nitrogen and oxygen atoms in total. The van der Waals surface area contributed by atoms with Gasteiger partial charge in [-0.15, -0.1) is 11.3 Å². The summed E-state index contributed by atoms with van der Waals surface area (Å²) in [7, 11) is -4.19. The average molecular weight is 401 g/mol. The number of halogens is 3. The van der Waals surface area contributed by atoms with Crippen molar-refractivity contribution in [1.82, 2.24) is 4.72 Å². The second-order valence-electron chi connectivity index (χ2n) is 5.58. The Kier molecular flexibility index (Phi) is 5.07. The second-order valence-corrected chi connectivity index (χ2v) is 8.26. The Labute approximate surface area is 152 Å². The Bertz CT molecular complexity index is 1030. The van der Waals surface area contributed by atoms with Crippen molar-refractivity contribution in [2.24, 2.45) is 0 Å². The highest BCUT2D eigenvalue weighted by Crippen LogP contribution is 2.31. The topological polar surface area (TPSA) is 66.4 Å². The van der Waals surface area contributed by atoms with E-state index in [9.17, 15) is 26.7 Å². The van der Waals surface area contributed by atoms with Crippen molar-refractivity contribution in [3.8, 4) is 0 Å². The van der Waals surface area contributed by atoms with Crippen molar-refractivity contribution in [3.05, 3.63) is 65.0 Å². The van der Waals surface area contributed by atoms with Gasteiger partial charge in [0.25, 0.3) is 0 Å². The molecule has 0 aliphatic rings. The van der Waals surface area contributed by atoms with Gasteiger partial charge in [0.05, 0.1) is 16.6 Å². The summed E-state index contributed by atoms with van der Waals surface area (Å²) in [6.07, 6.45) is -5.76. The maximum absolute atomic E-state index is 12.8. The van der Waals surface area contributed by atoms with Crippen LogP contribution in [0.3, 0.4) is 0 Å². The third-order valence-electron chi connectivity index (χ3n) is 3.81. The van der Waals surface area contributed by atoms with Crippen LogP contribution in [-0.4, -0.2) is 20.1 Å². The number of aliphatic hydroxyl groups excluding tert-OH is 1. The van der Waals surface area contributed by atoms with E-state index < -0.39 is 32.8 Å². The van der Waals surface area contributed by atoms with Gasteiger partial charge < -0.3 is 5.11 Å². The molecule has 2 aromatic carbocycles. The fraction of sp³-hybridized carbons (Fsp3) is 0.176. The van der Waals surface area contributed by atoms with Gasteiger partial charge in [-0.25, -0.2) is 13.1 Å². The number of fused-ring (bicyclic) bond motifs is 1. The fourth-order valence-corrected chi connectivity index (χ4v) is 4.57. The smallest absolute Gasteiger partial charge is 0.387 e. The Morgan fingerprint density at radius 3 is 2.58 bits per heavy atom. The Morgan fingerprint density at radius 1 is 1.12 bits per heavy atom. The van der Waals surface area contributed by atoms with Crippen LogP contribution in [-0.2, 0) is 16.2 Å². The summed E-state index contributed by atoms with van der Waals surface area (Å²) >= 11 is 1.41. The molecule has 26 heavy (non-hydrogen) atoms. The van der Waals surface area contributed by atoms with Crippen LogP contribution in [0.1, 0.15) is 17.2 Å². The van der Waals surface area contributed by atoms with Crippen molar-refractivity contribution in [2.75, 3.05) is 6.54 Å². The predicted molar refractivity (Wildman–Crippen MR) is 93.4 cm³/mol. The van der Waals surface area contributed by atoms with Crippen LogP contribution >= 0.6 is 11.3 Å². The summed E-state index contributed by atoms with van der Waals surface area (Å²) in [6.45, 7) is -0.348. The van der Waals surface area contributed by atoms with Gasteiger partial charge in [0.2, 0.25) is 10.0 Å². The maximum atomic E-state index is 12.8. The van der Waals surface area contributed by atoms with Crippen LogP contribution in [0.2, 0.25) is 0 Å². The first kappa shape index (κ1) is 18.8. The summed E-state index contributed by atoms with van der Waals surface area (Å²) < 4.78 is 65.9. The normalized spacial score (nSPS) is 13.8. The van der Waals surface area contributed by atoms with Gasteiger partial charge in [0, 0.05) is 16.8 Å². The maximum Gasteiger partial charge on any atom is 0.416 e. The summed E-state index contributed by atoms with van der Waals surface area (Å²) in [5.74, 6) is 0. The minimum absolute atomic E-state index is 0.348. The Balaban J connectivity index is 1.78. The highest BCUT2D eigenvalue weighted by molar-refractivity contribution is 7.89. The van der Waals surface area contributed by atoms with Gasteiger partial charge in [0.15, 0.2) is 0 Å². The Morgan fingerprint density at radius 2 is 1.85 bits per heavy atom. The Hall–Kier alpha value is -1.94. The molecule has 1 heterocycles. The molecule has 0 amide bonds. The minimum Gasteiger partial charge on any atom is -0.387 e. The largest absolute Gasteiger partial charge is 0.416 e. The van der Waals surface area contributed by atoms with Crippen LogP contribution in [0, 0.1) is 0 Å². The van der Waals surface area contributed by atoms with E-state index in [1.807, 2.05) is 18.2 Å². The molecule has 1 aromatic heterocycles. The van der Waals surface area contributed by atoms with E-state index in [-0.39, 0.29) is 6.54 Å². The lowest BCUT2D eigenvalue weighted by Crippen LogP contribution is -2.28. The number of hydrogen-bond acceptors (Lipinski definition) is 4. The van der Waals surface area contributed by atoms with Crippen molar-refractivity contribution >= 4 is 31.4 Å². The van der Waals surface area contributed by atoms with Crippen molar-refractivity contribution < 1.29 is 26.7 Å². The van der Waals surface area contributed by atoms with Gasteiger partial charge in [-0.05, 0) is 35.0 Å². The molecule has 0 spiro atoms. The van der Waals surface area contributed by atoms with E-state index in [2.05, 4.69) is 4.72 Å². The highest BCUT2D eigenvalue weighted by Gasteiger charge is 2.31. The fourth-order valence-electron chi connectivity index (χ4n) is 2.48. The first-order chi connectivity index (χ1) is 12.2. The van der Waals surface area contributed by atoms with Crippen LogP contribution in [0.4, 0.5) is 13.2 Å². The summed E-state index contributed by atoms with van der Waals surface area (Å²) in [5, 5.41) is 12.8. The molecule has 1 atom stereocenters. The zero-order valence-electron chi connectivity index (χ0n) is 13.2. The van der Waals surface area contributed by atoms with Gasteiger partial charge in [-0.2, -0.15) is 13.2 Å². The molecule has 0 radical (unpaired) electrons. The molecule has 1 unspecified atom stereocenters. The summed E-state index contributed by atoms with van der Waals surface area (Å²) in [4.78, 5) is -0.505. The molecule has 9 heteroatoms. The van der Waals surface area contributed by atoms with Crippen molar-refractivity contribution in [2.45, 2.75) is 17.2 Å². The van der Waals surface area contributed by atoms with Crippen LogP contribution < -0.4 is 4.72 Å². The van der Waals surface area contributed by atoms with Crippen LogP contribution in [0.25, 0.3) is 10.1 Å².